The van der Waals surface area contributed by atoms with E-state index < -0.39 is 18.4 Å². The lowest BCUT2D eigenvalue weighted by atomic mass is 10.1. The number of nitrogens with zero attached hydrogens (tertiary/aromatic N) is 2. The summed E-state index contributed by atoms with van der Waals surface area (Å²) in [6.07, 6.45) is 0. The average molecular weight is 362 g/mol. The van der Waals surface area contributed by atoms with Crippen LogP contribution < -0.4 is 5.56 Å². The Labute approximate surface area is 152 Å². The molecule has 0 aliphatic rings. The number of esters is 1. The Hall–Kier alpha value is -3.74. The number of rotatable bonds is 4. The van der Waals surface area contributed by atoms with Gasteiger partial charge in [-0.2, -0.15) is 5.10 Å². The first-order chi connectivity index (χ1) is 13.0. The SMILES string of the molecule is Cn1nc(C(=O)OCC(=O)c2cc3ccccc3o2)c2ccccc2c1=O. The van der Waals surface area contributed by atoms with Crippen LogP contribution in [0.4, 0.5) is 0 Å². The Balaban J connectivity index is 1.58. The summed E-state index contributed by atoms with van der Waals surface area (Å²) in [4.78, 5) is 36.9. The van der Waals surface area contributed by atoms with Gasteiger partial charge in [0.2, 0.25) is 5.78 Å². The molecule has 2 aromatic carbocycles. The number of ketones is 1. The summed E-state index contributed by atoms with van der Waals surface area (Å²) in [5, 5.41) is 5.50. The Morgan fingerprint density at radius 1 is 1.07 bits per heavy atom. The first kappa shape index (κ1) is 16.7. The molecule has 0 amide bonds. The fourth-order valence-electron chi connectivity index (χ4n) is 2.84. The number of Topliss-reactive ketones (excluding diaryl/α,β-unsaturated/α-hetero) is 1. The number of carbonyl (C=O) groups is 2. The van der Waals surface area contributed by atoms with Crippen molar-refractivity contribution in [2.75, 3.05) is 6.61 Å². The topological polar surface area (TPSA) is 91.4 Å². The van der Waals surface area contributed by atoms with Gasteiger partial charge in [-0.15, -0.1) is 0 Å². The Kier molecular flexibility index (Phi) is 4.04. The Bertz CT molecular complexity index is 1220. The highest BCUT2D eigenvalue weighted by Gasteiger charge is 2.20. The molecular weight excluding hydrogens is 348 g/mol. The van der Waals surface area contributed by atoms with Crippen LogP contribution in [-0.4, -0.2) is 28.1 Å². The Morgan fingerprint density at radius 2 is 1.78 bits per heavy atom. The average Bonchev–Trinajstić information content (AvgIpc) is 3.13. The smallest absolute Gasteiger partial charge is 0.359 e. The van der Waals surface area contributed by atoms with Crippen molar-refractivity contribution in [3.63, 3.8) is 0 Å². The molecule has 2 aromatic heterocycles. The summed E-state index contributed by atoms with van der Waals surface area (Å²) >= 11 is 0. The summed E-state index contributed by atoms with van der Waals surface area (Å²) in [6.45, 7) is -0.489. The zero-order valence-electron chi connectivity index (χ0n) is 14.3. The van der Waals surface area contributed by atoms with Crippen LogP contribution in [0.5, 0.6) is 0 Å². The molecule has 4 aromatic rings. The lowest BCUT2D eigenvalue weighted by Gasteiger charge is -2.07. The van der Waals surface area contributed by atoms with Crippen molar-refractivity contribution in [1.29, 1.82) is 0 Å². The number of aromatic nitrogens is 2. The minimum atomic E-state index is -0.786. The molecule has 0 N–H and O–H groups in total. The second-order valence-electron chi connectivity index (χ2n) is 5.97. The van der Waals surface area contributed by atoms with Gasteiger partial charge in [0, 0.05) is 17.8 Å². The number of para-hydroxylation sites is 1. The molecule has 0 saturated heterocycles. The molecule has 2 heterocycles. The highest BCUT2D eigenvalue weighted by molar-refractivity contribution is 6.04. The second kappa shape index (κ2) is 6.53. The van der Waals surface area contributed by atoms with Crippen LogP contribution >= 0.6 is 0 Å². The molecule has 134 valence electrons. The van der Waals surface area contributed by atoms with E-state index in [0.29, 0.717) is 16.4 Å². The lowest BCUT2D eigenvalue weighted by Crippen LogP contribution is -2.24. The van der Waals surface area contributed by atoms with E-state index in [2.05, 4.69) is 5.10 Å². The highest BCUT2D eigenvalue weighted by atomic mass is 16.5. The maximum atomic E-state index is 12.4. The van der Waals surface area contributed by atoms with Crippen molar-refractivity contribution in [2.24, 2.45) is 7.05 Å². The van der Waals surface area contributed by atoms with Crippen molar-refractivity contribution in [3.8, 4) is 0 Å². The van der Waals surface area contributed by atoms with Crippen molar-refractivity contribution < 1.29 is 18.7 Å². The molecule has 7 nitrogen and oxygen atoms in total. The van der Waals surface area contributed by atoms with Gasteiger partial charge in [0.05, 0.1) is 5.39 Å². The molecule has 0 spiro atoms. The van der Waals surface area contributed by atoms with Crippen LogP contribution in [-0.2, 0) is 11.8 Å². The molecule has 0 aliphatic heterocycles. The third-order valence-electron chi connectivity index (χ3n) is 4.18. The van der Waals surface area contributed by atoms with Gasteiger partial charge in [0.25, 0.3) is 5.56 Å². The van der Waals surface area contributed by atoms with Gasteiger partial charge in [-0.3, -0.25) is 9.59 Å². The third kappa shape index (κ3) is 2.99. The van der Waals surface area contributed by atoms with Crippen molar-refractivity contribution in [2.45, 2.75) is 0 Å². The van der Waals surface area contributed by atoms with Gasteiger partial charge in [-0.05, 0) is 18.2 Å². The van der Waals surface area contributed by atoms with Gasteiger partial charge in [0.1, 0.15) is 5.58 Å². The third-order valence-corrected chi connectivity index (χ3v) is 4.18. The van der Waals surface area contributed by atoms with Gasteiger partial charge < -0.3 is 9.15 Å². The molecule has 0 saturated carbocycles. The number of furan rings is 1. The molecule has 0 atom stereocenters. The van der Waals surface area contributed by atoms with Gasteiger partial charge >= 0.3 is 5.97 Å². The number of carbonyl (C=O) groups excluding carboxylic acids is 2. The maximum Gasteiger partial charge on any atom is 0.359 e. The number of benzene rings is 2. The summed E-state index contributed by atoms with van der Waals surface area (Å²) in [6, 6.07) is 15.4. The van der Waals surface area contributed by atoms with Crippen LogP contribution in [0.3, 0.4) is 0 Å². The minimum Gasteiger partial charge on any atom is -0.453 e. The van der Waals surface area contributed by atoms with E-state index in [-0.39, 0.29) is 17.0 Å². The molecule has 0 aliphatic carbocycles. The number of ether oxygens (including phenoxy) is 1. The first-order valence-corrected chi connectivity index (χ1v) is 8.19. The summed E-state index contributed by atoms with van der Waals surface area (Å²) < 4.78 is 11.7. The van der Waals surface area contributed by atoms with Crippen molar-refractivity contribution in [3.05, 3.63) is 76.4 Å². The highest BCUT2D eigenvalue weighted by Crippen LogP contribution is 2.19. The molecule has 0 unspecified atom stereocenters. The number of aryl methyl sites for hydroxylation is 1. The van der Waals surface area contributed by atoms with Crippen LogP contribution in [0.15, 0.2) is 63.8 Å². The van der Waals surface area contributed by atoms with Crippen molar-refractivity contribution >= 4 is 33.5 Å². The van der Waals surface area contributed by atoms with Gasteiger partial charge in [0.15, 0.2) is 18.1 Å². The number of fused-ring (bicyclic) bond motifs is 2. The van der Waals surface area contributed by atoms with E-state index in [4.69, 9.17) is 9.15 Å². The van der Waals surface area contributed by atoms with E-state index in [1.54, 1.807) is 42.5 Å². The predicted molar refractivity (Wildman–Crippen MR) is 97.8 cm³/mol. The van der Waals surface area contributed by atoms with Crippen LogP contribution in [0.25, 0.3) is 21.7 Å². The van der Waals surface area contributed by atoms with E-state index in [0.717, 1.165) is 10.1 Å². The zero-order chi connectivity index (χ0) is 19.0. The molecule has 27 heavy (non-hydrogen) atoms. The minimum absolute atomic E-state index is 0.0230. The summed E-state index contributed by atoms with van der Waals surface area (Å²) in [5.41, 5.74) is 0.239. The predicted octanol–water partition coefficient (Wildman–Crippen LogP) is 2.72. The first-order valence-electron chi connectivity index (χ1n) is 8.19. The molecule has 0 radical (unpaired) electrons. The molecular formula is C20H14N2O5. The fraction of sp³-hybridized carbons (Fsp3) is 0.100. The van der Waals surface area contributed by atoms with E-state index in [1.807, 2.05) is 12.1 Å². The molecule has 7 heteroatoms. The van der Waals surface area contributed by atoms with Crippen molar-refractivity contribution in [1.82, 2.24) is 9.78 Å². The maximum absolute atomic E-state index is 12.4. The molecule has 4 rings (SSSR count). The number of hydrogen-bond acceptors (Lipinski definition) is 6. The van der Waals surface area contributed by atoms with E-state index in [1.165, 1.54) is 7.05 Å². The van der Waals surface area contributed by atoms with Gasteiger partial charge in [-0.1, -0.05) is 36.4 Å². The zero-order valence-corrected chi connectivity index (χ0v) is 14.3. The van der Waals surface area contributed by atoms with Crippen LogP contribution in [0, 0.1) is 0 Å². The summed E-state index contributed by atoms with van der Waals surface area (Å²) in [5.74, 6) is -1.14. The standard InChI is InChI=1S/C20H14N2O5/c1-22-19(24)14-8-4-3-7-13(14)18(21-22)20(25)26-11-15(23)17-10-12-6-2-5-9-16(12)27-17/h2-10H,11H2,1H3. The Morgan fingerprint density at radius 3 is 2.56 bits per heavy atom. The quantitative estimate of drug-likeness (QED) is 0.409. The summed E-state index contributed by atoms with van der Waals surface area (Å²) in [7, 11) is 1.45. The fourth-order valence-corrected chi connectivity index (χ4v) is 2.84. The van der Waals surface area contributed by atoms with E-state index >= 15 is 0 Å². The number of hydrogen-bond donors (Lipinski definition) is 0. The monoisotopic (exact) mass is 362 g/mol. The van der Waals surface area contributed by atoms with Crippen LogP contribution in [0.1, 0.15) is 21.0 Å². The lowest BCUT2D eigenvalue weighted by molar-refractivity contribution is 0.0462. The van der Waals surface area contributed by atoms with Crippen LogP contribution in [0.2, 0.25) is 0 Å². The van der Waals surface area contributed by atoms with Gasteiger partial charge in [-0.25, -0.2) is 9.48 Å². The largest absolute Gasteiger partial charge is 0.453 e. The molecule has 0 fully saturated rings. The molecule has 0 bridgehead atoms. The second-order valence-corrected chi connectivity index (χ2v) is 5.97. The normalized spacial score (nSPS) is 11.0. The van der Waals surface area contributed by atoms with E-state index in [9.17, 15) is 14.4 Å².